The fourth-order valence-electron chi connectivity index (χ4n) is 0.447. The van der Waals surface area contributed by atoms with Crippen LogP contribution in [0, 0.1) is 11.3 Å². The summed E-state index contributed by atoms with van der Waals surface area (Å²) in [5.74, 6) is -0.216. The van der Waals surface area contributed by atoms with Gasteiger partial charge in [0, 0.05) is 6.42 Å². The van der Waals surface area contributed by atoms with Crippen molar-refractivity contribution in [3.63, 3.8) is 0 Å². The average Bonchev–Trinajstić information content (AvgIpc) is 2.04. The summed E-state index contributed by atoms with van der Waals surface area (Å²) >= 11 is 0. The Hall–Kier alpha value is -1.30. The molecule has 0 spiro atoms. The Morgan fingerprint density at radius 1 is 1.64 bits per heavy atom. The summed E-state index contributed by atoms with van der Waals surface area (Å²) in [6.07, 6.45) is 4.09. The van der Waals surface area contributed by atoms with Crippen molar-refractivity contribution < 1.29 is 9.53 Å². The van der Waals surface area contributed by atoms with Crippen molar-refractivity contribution in [2.75, 3.05) is 6.61 Å². The van der Waals surface area contributed by atoms with Crippen LogP contribution < -0.4 is 0 Å². The maximum atomic E-state index is 10.5. The molecule has 0 aromatic rings. The van der Waals surface area contributed by atoms with Gasteiger partial charge in [0.1, 0.15) is 6.61 Å². The summed E-state index contributed by atoms with van der Waals surface area (Å²) in [7, 11) is 0. The van der Waals surface area contributed by atoms with Gasteiger partial charge < -0.3 is 4.74 Å². The lowest BCUT2D eigenvalue weighted by atomic mass is 10.4. The summed E-state index contributed by atoms with van der Waals surface area (Å²) in [6, 6.07) is 1.94. The molecule has 0 atom stereocenters. The number of allylic oxidation sites excluding steroid dienone is 1. The van der Waals surface area contributed by atoms with E-state index < -0.39 is 0 Å². The minimum atomic E-state index is -0.216. The first-order valence-corrected chi connectivity index (χ1v) is 3.48. The molecule has 3 nitrogen and oxygen atoms in total. The first kappa shape index (κ1) is 9.70. The number of nitriles is 1. The van der Waals surface area contributed by atoms with Gasteiger partial charge in [-0.3, -0.25) is 4.79 Å². The van der Waals surface area contributed by atoms with Crippen molar-refractivity contribution >= 4 is 5.97 Å². The summed E-state index contributed by atoms with van der Waals surface area (Å²) in [5.41, 5.74) is 0. The van der Waals surface area contributed by atoms with E-state index in [1.54, 1.807) is 19.1 Å². The zero-order chi connectivity index (χ0) is 8.53. The topological polar surface area (TPSA) is 50.1 Å². The van der Waals surface area contributed by atoms with Crippen LogP contribution in [0.25, 0.3) is 0 Å². The van der Waals surface area contributed by atoms with Crippen molar-refractivity contribution in [1.29, 1.82) is 5.26 Å². The van der Waals surface area contributed by atoms with E-state index in [-0.39, 0.29) is 12.6 Å². The molecule has 0 aromatic carbocycles. The van der Waals surface area contributed by atoms with Gasteiger partial charge >= 0.3 is 5.97 Å². The van der Waals surface area contributed by atoms with Crippen molar-refractivity contribution in [3.05, 3.63) is 12.2 Å². The number of hydrogen-bond acceptors (Lipinski definition) is 3. The van der Waals surface area contributed by atoms with Crippen LogP contribution >= 0.6 is 0 Å². The predicted octanol–water partition coefficient (Wildman–Crippen LogP) is 1.41. The first-order valence-electron chi connectivity index (χ1n) is 3.48. The van der Waals surface area contributed by atoms with Crippen molar-refractivity contribution in [2.45, 2.75) is 19.8 Å². The Morgan fingerprint density at radius 3 is 2.91 bits per heavy atom. The molecular weight excluding hydrogens is 142 g/mol. The third-order valence-electron chi connectivity index (χ3n) is 1.01. The summed E-state index contributed by atoms with van der Waals surface area (Å²) in [5, 5.41) is 8.11. The molecule has 0 aliphatic heterocycles. The summed E-state index contributed by atoms with van der Waals surface area (Å²) in [6.45, 7) is 2.01. The van der Waals surface area contributed by atoms with E-state index >= 15 is 0 Å². The molecule has 0 aliphatic rings. The van der Waals surface area contributed by atoms with E-state index in [9.17, 15) is 4.79 Å². The average molecular weight is 153 g/mol. The number of ether oxygens (including phenoxy) is 1. The van der Waals surface area contributed by atoms with Crippen LogP contribution in [0.4, 0.5) is 0 Å². The Labute approximate surface area is 66.3 Å². The third kappa shape index (κ3) is 6.59. The molecule has 11 heavy (non-hydrogen) atoms. The lowest BCUT2D eigenvalue weighted by molar-refractivity contribution is -0.141. The molecule has 0 saturated carbocycles. The van der Waals surface area contributed by atoms with Crippen LogP contribution in [0.3, 0.4) is 0 Å². The quantitative estimate of drug-likeness (QED) is 0.453. The normalized spacial score (nSPS) is 9.45. The Balaban J connectivity index is 3.28. The monoisotopic (exact) mass is 153 g/mol. The van der Waals surface area contributed by atoms with Crippen LogP contribution in [0.2, 0.25) is 0 Å². The van der Waals surface area contributed by atoms with E-state index in [4.69, 9.17) is 10.00 Å². The van der Waals surface area contributed by atoms with Crippen LogP contribution in [0.1, 0.15) is 19.8 Å². The second-order valence-electron chi connectivity index (χ2n) is 1.87. The van der Waals surface area contributed by atoms with Gasteiger partial charge in [0.15, 0.2) is 0 Å². The third-order valence-corrected chi connectivity index (χ3v) is 1.01. The highest BCUT2D eigenvalue weighted by Crippen LogP contribution is 1.86. The molecule has 3 heteroatoms. The molecule has 0 radical (unpaired) electrons. The van der Waals surface area contributed by atoms with Gasteiger partial charge in [0.2, 0.25) is 0 Å². The molecule has 0 unspecified atom stereocenters. The minimum Gasteiger partial charge on any atom is -0.461 e. The lowest BCUT2D eigenvalue weighted by Crippen LogP contribution is -2.01. The van der Waals surface area contributed by atoms with Gasteiger partial charge in [-0.25, -0.2) is 0 Å². The van der Waals surface area contributed by atoms with Crippen LogP contribution in [0.15, 0.2) is 12.2 Å². The molecule has 0 aromatic heterocycles. The molecule has 0 rings (SSSR count). The molecule has 0 heterocycles. The maximum absolute atomic E-state index is 10.5. The highest BCUT2D eigenvalue weighted by Gasteiger charge is 1.92. The molecule has 0 aliphatic carbocycles. The summed E-state index contributed by atoms with van der Waals surface area (Å²) in [4.78, 5) is 10.5. The Bertz CT molecular complexity index is 179. The van der Waals surface area contributed by atoms with E-state index in [1.165, 1.54) is 0 Å². The number of hydrogen-bond donors (Lipinski definition) is 0. The molecular formula is C8H11NO2. The van der Waals surface area contributed by atoms with Gasteiger partial charge in [0.05, 0.1) is 12.5 Å². The van der Waals surface area contributed by atoms with Gasteiger partial charge in [0.25, 0.3) is 0 Å². The van der Waals surface area contributed by atoms with Gasteiger partial charge in [-0.2, -0.15) is 5.26 Å². The largest absolute Gasteiger partial charge is 0.461 e. The smallest absolute Gasteiger partial charge is 0.305 e. The van der Waals surface area contributed by atoms with E-state index in [2.05, 4.69) is 0 Å². The fourth-order valence-corrected chi connectivity index (χ4v) is 0.447. The van der Waals surface area contributed by atoms with Crippen molar-refractivity contribution in [2.24, 2.45) is 0 Å². The number of carbonyl (C=O) groups excluding carboxylic acids is 1. The standard InChI is InChI=1S/C8H11NO2/c1-2-8(10)11-7-5-3-4-6-9/h3,5H,2,4,7H2,1H3. The highest BCUT2D eigenvalue weighted by molar-refractivity contribution is 5.68. The second-order valence-corrected chi connectivity index (χ2v) is 1.87. The van der Waals surface area contributed by atoms with Crippen molar-refractivity contribution in [3.8, 4) is 6.07 Å². The van der Waals surface area contributed by atoms with Crippen LogP contribution in [-0.2, 0) is 9.53 Å². The number of nitrogens with zero attached hydrogens (tertiary/aromatic N) is 1. The van der Waals surface area contributed by atoms with E-state index in [1.807, 2.05) is 6.07 Å². The fraction of sp³-hybridized carbons (Fsp3) is 0.500. The zero-order valence-corrected chi connectivity index (χ0v) is 6.54. The molecule has 0 saturated heterocycles. The minimum absolute atomic E-state index is 0.216. The molecule has 0 amide bonds. The van der Waals surface area contributed by atoms with E-state index in [0.29, 0.717) is 12.8 Å². The first-order chi connectivity index (χ1) is 5.31. The molecule has 0 N–H and O–H groups in total. The van der Waals surface area contributed by atoms with Gasteiger partial charge in [-0.1, -0.05) is 19.1 Å². The second kappa shape index (κ2) is 6.81. The number of esters is 1. The van der Waals surface area contributed by atoms with Crippen LogP contribution in [0.5, 0.6) is 0 Å². The van der Waals surface area contributed by atoms with Gasteiger partial charge in [-0.05, 0) is 0 Å². The highest BCUT2D eigenvalue weighted by atomic mass is 16.5. The molecule has 60 valence electrons. The van der Waals surface area contributed by atoms with Gasteiger partial charge in [-0.15, -0.1) is 0 Å². The zero-order valence-electron chi connectivity index (χ0n) is 6.54. The lowest BCUT2D eigenvalue weighted by Gasteiger charge is -1.95. The Kier molecular flexibility index (Phi) is 6.01. The molecule has 0 bridgehead atoms. The number of rotatable bonds is 4. The maximum Gasteiger partial charge on any atom is 0.305 e. The van der Waals surface area contributed by atoms with Crippen molar-refractivity contribution in [1.82, 2.24) is 0 Å². The van der Waals surface area contributed by atoms with Crippen LogP contribution in [-0.4, -0.2) is 12.6 Å². The Morgan fingerprint density at radius 2 is 2.36 bits per heavy atom. The molecule has 0 fully saturated rings. The van der Waals surface area contributed by atoms with E-state index in [0.717, 1.165) is 0 Å². The number of carbonyl (C=O) groups is 1. The predicted molar refractivity (Wildman–Crippen MR) is 40.6 cm³/mol. The summed E-state index contributed by atoms with van der Waals surface area (Å²) < 4.78 is 4.70. The SMILES string of the molecule is CCC(=O)OCC=CCC#N.